The summed E-state index contributed by atoms with van der Waals surface area (Å²) in [4.78, 5) is 28.7. The van der Waals surface area contributed by atoms with Crippen molar-refractivity contribution < 1.29 is 18.7 Å². The summed E-state index contributed by atoms with van der Waals surface area (Å²) in [6.45, 7) is 2.32. The van der Waals surface area contributed by atoms with Gasteiger partial charge in [0.15, 0.2) is 0 Å². The lowest BCUT2D eigenvalue weighted by Crippen LogP contribution is -2.57. The van der Waals surface area contributed by atoms with Gasteiger partial charge in [-0.15, -0.1) is 0 Å². The van der Waals surface area contributed by atoms with Crippen molar-refractivity contribution in [3.63, 3.8) is 0 Å². The minimum atomic E-state index is -0.689. The Hall–Kier alpha value is -3.67. The predicted molar refractivity (Wildman–Crippen MR) is 112 cm³/mol. The van der Waals surface area contributed by atoms with Crippen LogP contribution in [0.4, 0.5) is 10.1 Å². The van der Waals surface area contributed by atoms with Crippen molar-refractivity contribution in [3.05, 3.63) is 90.2 Å². The highest BCUT2D eigenvalue weighted by Crippen LogP contribution is 2.27. The maximum atomic E-state index is 14.0. The number of anilines is 1. The topological polar surface area (TPSA) is 49.9 Å². The third-order valence-corrected chi connectivity index (χ3v) is 5.15. The van der Waals surface area contributed by atoms with Gasteiger partial charge < -0.3 is 14.5 Å². The molecule has 3 aromatic rings. The smallest absolute Gasteiger partial charge is 0.257 e. The number of piperazine rings is 1. The zero-order valence-corrected chi connectivity index (χ0v) is 16.5. The molecule has 3 aromatic carbocycles. The molecule has 6 heteroatoms. The van der Waals surface area contributed by atoms with E-state index in [1.54, 1.807) is 30.0 Å². The predicted octanol–water partition coefficient (Wildman–Crippen LogP) is 4.50. The highest BCUT2D eigenvalue weighted by molar-refractivity contribution is 6.03. The van der Waals surface area contributed by atoms with Crippen LogP contribution in [0.2, 0.25) is 0 Å². The fourth-order valence-electron chi connectivity index (χ4n) is 3.51. The average molecular weight is 404 g/mol. The van der Waals surface area contributed by atoms with Gasteiger partial charge in [0.1, 0.15) is 23.4 Å². The summed E-state index contributed by atoms with van der Waals surface area (Å²) in [6.07, 6.45) is 0. The number of hydrogen-bond acceptors (Lipinski definition) is 3. The van der Waals surface area contributed by atoms with E-state index in [-0.39, 0.29) is 11.5 Å². The van der Waals surface area contributed by atoms with Crippen molar-refractivity contribution in [2.24, 2.45) is 0 Å². The van der Waals surface area contributed by atoms with Crippen LogP contribution in [-0.2, 0) is 4.79 Å². The lowest BCUT2D eigenvalue weighted by atomic mass is 10.1. The van der Waals surface area contributed by atoms with Gasteiger partial charge in [-0.3, -0.25) is 9.59 Å². The quantitative estimate of drug-likeness (QED) is 0.644. The minimum Gasteiger partial charge on any atom is -0.457 e. The number of para-hydroxylation sites is 1. The van der Waals surface area contributed by atoms with Crippen LogP contribution < -0.4 is 9.64 Å². The Morgan fingerprint density at radius 1 is 0.900 bits per heavy atom. The lowest BCUT2D eigenvalue weighted by Gasteiger charge is -2.39. The van der Waals surface area contributed by atoms with Crippen LogP contribution in [0, 0.1) is 5.82 Å². The zero-order valence-electron chi connectivity index (χ0n) is 16.5. The molecule has 1 aliphatic heterocycles. The van der Waals surface area contributed by atoms with Gasteiger partial charge in [-0.25, -0.2) is 4.39 Å². The molecule has 0 radical (unpaired) electrons. The molecule has 5 nitrogen and oxygen atoms in total. The molecule has 0 saturated carbocycles. The Labute approximate surface area is 174 Å². The molecule has 152 valence electrons. The van der Waals surface area contributed by atoms with E-state index in [4.69, 9.17) is 4.74 Å². The van der Waals surface area contributed by atoms with Gasteiger partial charge in [0, 0.05) is 18.8 Å². The van der Waals surface area contributed by atoms with Crippen molar-refractivity contribution in [2.75, 3.05) is 18.0 Å². The van der Waals surface area contributed by atoms with Crippen molar-refractivity contribution in [3.8, 4) is 11.5 Å². The Bertz CT molecular complexity index is 1050. The van der Waals surface area contributed by atoms with Crippen LogP contribution in [0.25, 0.3) is 0 Å². The van der Waals surface area contributed by atoms with Crippen LogP contribution in [0.1, 0.15) is 17.3 Å². The summed E-state index contributed by atoms with van der Waals surface area (Å²) in [7, 11) is 0. The minimum absolute atomic E-state index is 0.0204. The second-order valence-corrected chi connectivity index (χ2v) is 7.05. The molecule has 0 aromatic heterocycles. The molecule has 1 heterocycles. The van der Waals surface area contributed by atoms with E-state index in [1.807, 2.05) is 42.5 Å². The van der Waals surface area contributed by atoms with E-state index < -0.39 is 17.8 Å². The number of benzene rings is 3. The third-order valence-electron chi connectivity index (χ3n) is 5.15. The molecule has 0 N–H and O–H groups in total. The molecule has 30 heavy (non-hydrogen) atoms. The normalized spacial score (nSPS) is 16.5. The molecule has 1 atom stereocenters. The number of rotatable bonds is 4. The molecule has 0 spiro atoms. The monoisotopic (exact) mass is 404 g/mol. The fraction of sp³-hybridized carbons (Fsp3) is 0.167. The maximum absolute atomic E-state index is 14.0. The molecule has 4 rings (SSSR count). The van der Waals surface area contributed by atoms with Gasteiger partial charge in [0.25, 0.3) is 5.91 Å². The number of ether oxygens (including phenoxy) is 1. The Kier molecular flexibility index (Phi) is 5.48. The Balaban J connectivity index is 1.46. The summed E-state index contributed by atoms with van der Waals surface area (Å²) >= 11 is 0. The summed E-state index contributed by atoms with van der Waals surface area (Å²) in [5.74, 6) is 0.135. The Morgan fingerprint density at radius 2 is 1.53 bits per heavy atom. The number of halogens is 1. The van der Waals surface area contributed by atoms with Gasteiger partial charge in [0.05, 0.1) is 5.56 Å². The van der Waals surface area contributed by atoms with E-state index in [0.717, 1.165) is 11.4 Å². The van der Waals surface area contributed by atoms with Crippen LogP contribution in [0.3, 0.4) is 0 Å². The molecule has 1 fully saturated rings. The number of nitrogens with zero attached hydrogens (tertiary/aromatic N) is 2. The average Bonchev–Trinajstić information content (AvgIpc) is 2.77. The second-order valence-electron chi connectivity index (χ2n) is 7.05. The Morgan fingerprint density at radius 3 is 2.23 bits per heavy atom. The summed E-state index contributed by atoms with van der Waals surface area (Å²) < 4.78 is 19.8. The summed E-state index contributed by atoms with van der Waals surface area (Å²) in [5.41, 5.74) is 0.707. The first-order chi connectivity index (χ1) is 14.5. The molecule has 0 bridgehead atoms. The SMILES string of the molecule is CC1C(=O)N(c2ccc(Oc3ccccc3)cc2)CCN1C(=O)c1ccccc1F. The first-order valence-electron chi connectivity index (χ1n) is 9.74. The molecule has 1 aliphatic rings. The maximum Gasteiger partial charge on any atom is 0.257 e. The van der Waals surface area contributed by atoms with Gasteiger partial charge in [-0.05, 0) is 55.5 Å². The standard InChI is InChI=1S/C24H21FN2O3/c1-17-23(28)27(16-15-26(17)24(29)21-9-5-6-10-22(21)25)18-11-13-20(14-12-18)30-19-7-3-2-4-8-19/h2-14,17H,15-16H2,1H3. The van der Waals surface area contributed by atoms with Gasteiger partial charge in [-0.2, -0.15) is 0 Å². The zero-order chi connectivity index (χ0) is 21.1. The molecule has 0 aliphatic carbocycles. The van der Waals surface area contributed by atoms with Gasteiger partial charge >= 0.3 is 0 Å². The summed E-state index contributed by atoms with van der Waals surface area (Å²) in [6, 6.07) is 21.8. The van der Waals surface area contributed by atoms with Crippen LogP contribution in [0.5, 0.6) is 11.5 Å². The first kappa shape index (κ1) is 19.6. The van der Waals surface area contributed by atoms with Crippen molar-refractivity contribution >= 4 is 17.5 Å². The van der Waals surface area contributed by atoms with Crippen molar-refractivity contribution in [1.82, 2.24) is 4.90 Å². The number of carbonyl (C=O) groups excluding carboxylic acids is 2. The largest absolute Gasteiger partial charge is 0.457 e. The van der Waals surface area contributed by atoms with Gasteiger partial charge in [-0.1, -0.05) is 30.3 Å². The first-order valence-corrected chi connectivity index (χ1v) is 9.74. The van der Waals surface area contributed by atoms with E-state index in [9.17, 15) is 14.0 Å². The molecular formula is C24H21FN2O3. The number of amides is 2. The van der Waals surface area contributed by atoms with Crippen molar-refractivity contribution in [2.45, 2.75) is 13.0 Å². The lowest BCUT2D eigenvalue weighted by molar-refractivity contribution is -0.124. The third kappa shape index (κ3) is 3.89. The van der Waals surface area contributed by atoms with E-state index in [2.05, 4.69) is 0 Å². The second kappa shape index (κ2) is 8.37. The fourth-order valence-corrected chi connectivity index (χ4v) is 3.51. The molecule has 1 saturated heterocycles. The van der Waals surface area contributed by atoms with Crippen molar-refractivity contribution in [1.29, 1.82) is 0 Å². The number of carbonyl (C=O) groups is 2. The molecule has 2 amide bonds. The van der Waals surface area contributed by atoms with E-state index >= 15 is 0 Å². The highest BCUT2D eigenvalue weighted by Gasteiger charge is 2.36. The molecular weight excluding hydrogens is 383 g/mol. The van der Waals surface area contributed by atoms with E-state index in [0.29, 0.717) is 18.8 Å². The summed E-state index contributed by atoms with van der Waals surface area (Å²) in [5, 5.41) is 0. The van der Waals surface area contributed by atoms with Gasteiger partial charge in [0.2, 0.25) is 5.91 Å². The number of hydrogen-bond donors (Lipinski definition) is 0. The van der Waals surface area contributed by atoms with Crippen LogP contribution >= 0.6 is 0 Å². The van der Waals surface area contributed by atoms with Crippen LogP contribution in [0.15, 0.2) is 78.9 Å². The molecule has 1 unspecified atom stereocenters. The highest BCUT2D eigenvalue weighted by atomic mass is 19.1. The van der Waals surface area contributed by atoms with E-state index in [1.165, 1.54) is 23.1 Å². The van der Waals surface area contributed by atoms with Crippen LogP contribution in [-0.4, -0.2) is 35.8 Å².